The van der Waals surface area contributed by atoms with Crippen molar-refractivity contribution in [2.24, 2.45) is 17.1 Å². The van der Waals surface area contributed by atoms with Gasteiger partial charge in [0, 0.05) is 13.2 Å². The molecule has 0 aliphatic heterocycles. The topological polar surface area (TPSA) is 44.5 Å². The van der Waals surface area contributed by atoms with Crippen molar-refractivity contribution < 1.29 is 9.47 Å². The van der Waals surface area contributed by atoms with Crippen molar-refractivity contribution >= 4 is 0 Å². The van der Waals surface area contributed by atoms with E-state index in [-0.39, 0.29) is 0 Å². The van der Waals surface area contributed by atoms with Gasteiger partial charge in [-0.2, -0.15) is 0 Å². The van der Waals surface area contributed by atoms with Gasteiger partial charge in [-0.25, -0.2) is 0 Å². The van der Waals surface area contributed by atoms with Crippen LogP contribution in [0.15, 0.2) is 0 Å². The van der Waals surface area contributed by atoms with Gasteiger partial charge in [0.05, 0.1) is 6.10 Å². The van der Waals surface area contributed by atoms with Gasteiger partial charge in [0.1, 0.15) is 5.72 Å². The second kappa shape index (κ2) is 12.3. The molecule has 0 radical (unpaired) electrons. The first-order chi connectivity index (χ1) is 11.1. The molecule has 2 atom stereocenters. The summed E-state index contributed by atoms with van der Waals surface area (Å²) in [6.45, 7) is 16.9. The average Bonchev–Trinajstić information content (AvgIpc) is 2.48. The average molecular weight is 344 g/mol. The molecule has 0 amide bonds. The Balaban J connectivity index is 4.11. The largest absolute Gasteiger partial charge is 0.379 e. The van der Waals surface area contributed by atoms with Crippen LogP contribution in [0.1, 0.15) is 99.8 Å². The molecule has 0 saturated heterocycles. The van der Waals surface area contributed by atoms with Crippen molar-refractivity contribution in [3.63, 3.8) is 0 Å². The molecule has 0 aromatic carbocycles. The molecular weight excluding hydrogens is 298 g/mol. The van der Waals surface area contributed by atoms with Crippen LogP contribution in [0.4, 0.5) is 0 Å². The molecule has 0 saturated carbocycles. The number of ether oxygens (including phenoxy) is 2. The molecule has 0 spiro atoms. The van der Waals surface area contributed by atoms with E-state index in [9.17, 15) is 0 Å². The summed E-state index contributed by atoms with van der Waals surface area (Å²) in [6, 6.07) is 0. The molecule has 2 N–H and O–H groups in total. The van der Waals surface area contributed by atoms with Gasteiger partial charge < -0.3 is 15.2 Å². The van der Waals surface area contributed by atoms with Crippen molar-refractivity contribution in [1.29, 1.82) is 0 Å². The van der Waals surface area contributed by atoms with E-state index in [0.717, 1.165) is 26.1 Å². The van der Waals surface area contributed by atoms with Crippen molar-refractivity contribution in [3.8, 4) is 0 Å². The standard InChI is InChI=1S/C21H45NO2/c1-8-10-12-19(17-23-18(3)4)13-11-14-20(5,6)15-16-24-21(7,22)9-2/h18-19H,8-17,22H2,1-7H3. The highest BCUT2D eigenvalue weighted by atomic mass is 16.5. The van der Waals surface area contributed by atoms with Gasteiger partial charge in [-0.05, 0) is 64.2 Å². The molecule has 3 nitrogen and oxygen atoms in total. The third kappa shape index (κ3) is 13.2. The van der Waals surface area contributed by atoms with E-state index in [1.807, 2.05) is 6.92 Å². The third-order valence-electron chi connectivity index (χ3n) is 5.01. The highest BCUT2D eigenvalue weighted by molar-refractivity contribution is 4.72. The third-order valence-corrected chi connectivity index (χ3v) is 5.01. The zero-order valence-corrected chi connectivity index (χ0v) is 17.6. The van der Waals surface area contributed by atoms with Gasteiger partial charge in [-0.3, -0.25) is 0 Å². The summed E-state index contributed by atoms with van der Waals surface area (Å²) in [7, 11) is 0. The van der Waals surface area contributed by atoms with Crippen molar-refractivity contribution in [2.75, 3.05) is 13.2 Å². The smallest absolute Gasteiger partial charge is 0.113 e. The lowest BCUT2D eigenvalue weighted by Gasteiger charge is -2.29. The number of rotatable bonds is 15. The normalized spacial score (nSPS) is 16.4. The summed E-state index contributed by atoms with van der Waals surface area (Å²) in [5, 5.41) is 0. The van der Waals surface area contributed by atoms with Crippen LogP contribution in [0, 0.1) is 11.3 Å². The van der Waals surface area contributed by atoms with E-state index >= 15 is 0 Å². The van der Waals surface area contributed by atoms with Crippen LogP contribution in [0.3, 0.4) is 0 Å². The molecule has 0 aromatic heterocycles. The van der Waals surface area contributed by atoms with E-state index in [4.69, 9.17) is 15.2 Å². The molecule has 0 heterocycles. The Hall–Kier alpha value is -0.120. The minimum Gasteiger partial charge on any atom is -0.379 e. The van der Waals surface area contributed by atoms with E-state index < -0.39 is 5.72 Å². The molecule has 2 unspecified atom stereocenters. The summed E-state index contributed by atoms with van der Waals surface area (Å²) in [4.78, 5) is 0. The van der Waals surface area contributed by atoms with Crippen LogP contribution in [-0.4, -0.2) is 25.0 Å². The fourth-order valence-corrected chi connectivity index (χ4v) is 2.79. The summed E-state index contributed by atoms with van der Waals surface area (Å²) < 4.78 is 11.7. The van der Waals surface area contributed by atoms with Gasteiger partial charge in [0.25, 0.3) is 0 Å². The second-order valence-corrected chi connectivity index (χ2v) is 8.71. The van der Waals surface area contributed by atoms with Crippen LogP contribution >= 0.6 is 0 Å². The van der Waals surface area contributed by atoms with Crippen LogP contribution in [0.2, 0.25) is 0 Å². The molecule has 0 aromatic rings. The second-order valence-electron chi connectivity index (χ2n) is 8.71. The van der Waals surface area contributed by atoms with Gasteiger partial charge in [0.15, 0.2) is 0 Å². The van der Waals surface area contributed by atoms with E-state index in [1.165, 1.54) is 38.5 Å². The summed E-state index contributed by atoms with van der Waals surface area (Å²) in [6.07, 6.45) is 9.95. The minimum atomic E-state index is -0.477. The molecule has 0 bridgehead atoms. The fourth-order valence-electron chi connectivity index (χ4n) is 2.79. The Morgan fingerprint density at radius 1 is 0.958 bits per heavy atom. The zero-order chi connectivity index (χ0) is 18.6. The van der Waals surface area contributed by atoms with E-state index in [0.29, 0.717) is 17.4 Å². The molecule has 146 valence electrons. The quantitative estimate of drug-likeness (QED) is 0.376. The van der Waals surface area contributed by atoms with Gasteiger partial charge in [-0.1, -0.05) is 47.0 Å². The fraction of sp³-hybridized carbons (Fsp3) is 1.00. The molecule has 3 heteroatoms. The van der Waals surface area contributed by atoms with E-state index in [1.54, 1.807) is 0 Å². The SMILES string of the molecule is CCCCC(CCCC(C)(C)CCOC(C)(N)CC)COC(C)C. The Bertz CT molecular complexity index is 300. The summed E-state index contributed by atoms with van der Waals surface area (Å²) in [5.74, 6) is 0.715. The summed E-state index contributed by atoms with van der Waals surface area (Å²) in [5.41, 5.74) is 5.89. The molecule has 24 heavy (non-hydrogen) atoms. The first-order valence-electron chi connectivity index (χ1n) is 10.2. The number of hydrogen-bond acceptors (Lipinski definition) is 3. The molecule has 0 rings (SSSR count). The lowest BCUT2D eigenvalue weighted by molar-refractivity contribution is -0.0409. The first kappa shape index (κ1) is 23.9. The maximum absolute atomic E-state index is 6.05. The molecule has 0 aliphatic carbocycles. The Labute approximate surface area is 152 Å². The van der Waals surface area contributed by atoms with E-state index in [2.05, 4.69) is 41.5 Å². The Kier molecular flexibility index (Phi) is 12.2. The Morgan fingerprint density at radius 3 is 2.12 bits per heavy atom. The predicted octanol–water partition coefficient (Wildman–Crippen LogP) is 5.91. The van der Waals surface area contributed by atoms with Crippen LogP contribution < -0.4 is 5.73 Å². The van der Waals surface area contributed by atoms with Crippen molar-refractivity contribution in [2.45, 2.75) is 112 Å². The maximum atomic E-state index is 6.05. The van der Waals surface area contributed by atoms with Gasteiger partial charge in [-0.15, -0.1) is 0 Å². The highest BCUT2D eigenvalue weighted by Crippen LogP contribution is 2.30. The number of unbranched alkanes of at least 4 members (excludes halogenated alkanes) is 1. The maximum Gasteiger partial charge on any atom is 0.113 e. The molecule has 0 fully saturated rings. The highest BCUT2D eigenvalue weighted by Gasteiger charge is 2.21. The van der Waals surface area contributed by atoms with Crippen LogP contribution in [-0.2, 0) is 9.47 Å². The van der Waals surface area contributed by atoms with Crippen LogP contribution in [0.5, 0.6) is 0 Å². The zero-order valence-electron chi connectivity index (χ0n) is 17.6. The van der Waals surface area contributed by atoms with Crippen molar-refractivity contribution in [1.82, 2.24) is 0 Å². The lowest BCUT2D eigenvalue weighted by Crippen LogP contribution is -2.39. The first-order valence-corrected chi connectivity index (χ1v) is 10.2. The minimum absolute atomic E-state index is 0.317. The predicted molar refractivity (Wildman–Crippen MR) is 105 cm³/mol. The van der Waals surface area contributed by atoms with Crippen molar-refractivity contribution in [3.05, 3.63) is 0 Å². The lowest BCUT2D eigenvalue weighted by atomic mass is 9.82. The number of nitrogens with two attached hydrogens (primary N) is 1. The molecule has 0 aliphatic rings. The molecular formula is C21H45NO2. The summed E-state index contributed by atoms with van der Waals surface area (Å²) >= 11 is 0. The number of hydrogen-bond donors (Lipinski definition) is 1. The monoisotopic (exact) mass is 343 g/mol. The Morgan fingerprint density at radius 2 is 1.58 bits per heavy atom. The van der Waals surface area contributed by atoms with Crippen LogP contribution in [0.25, 0.3) is 0 Å². The van der Waals surface area contributed by atoms with Gasteiger partial charge >= 0.3 is 0 Å². The van der Waals surface area contributed by atoms with Gasteiger partial charge in [0.2, 0.25) is 0 Å².